The van der Waals surface area contributed by atoms with E-state index in [1.807, 2.05) is 0 Å². The molecule has 0 aliphatic rings. The van der Waals surface area contributed by atoms with Crippen LogP contribution in [0, 0.1) is 5.82 Å². The second kappa shape index (κ2) is 4.16. The van der Waals surface area contributed by atoms with Gasteiger partial charge in [0.1, 0.15) is 5.82 Å². The van der Waals surface area contributed by atoms with E-state index in [0.29, 0.717) is 0 Å². The highest BCUT2D eigenvalue weighted by Crippen LogP contribution is 2.07. The number of hydrogen-bond donors (Lipinski definition) is 0. The lowest BCUT2D eigenvalue weighted by Crippen LogP contribution is -2.31. The summed E-state index contributed by atoms with van der Waals surface area (Å²) in [5.41, 5.74) is -0.201. The van der Waals surface area contributed by atoms with E-state index in [4.69, 9.17) is 4.42 Å². The average Bonchev–Trinajstić information content (AvgIpc) is 2.41. The van der Waals surface area contributed by atoms with Crippen molar-refractivity contribution >= 4 is 11.1 Å². The third-order valence-corrected chi connectivity index (χ3v) is 2.64. The zero-order valence-electron chi connectivity index (χ0n) is 9.54. The van der Waals surface area contributed by atoms with Crippen LogP contribution in [0.3, 0.4) is 0 Å². The minimum absolute atomic E-state index is 0.0476. The molecule has 5 nitrogen and oxygen atoms in total. The van der Waals surface area contributed by atoms with Gasteiger partial charge in [0, 0.05) is 6.20 Å². The van der Waals surface area contributed by atoms with E-state index in [1.165, 1.54) is 24.4 Å². The summed E-state index contributed by atoms with van der Waals surface area (Å²) in [4.78, 5) is 27.9. The molecule has 0 radical (unpaired) electrons. The summed E-state index contributed by atoms with van der Waals surface area (Å²) in [7, 11) is 0. The highest BCUT2D eigenvalue weighted by atomic mass is 19.1. The topological polar surface area (TPSA) is 65.1 Å². The molecule has 6 heteroatoms. The maximum Gasteiger partial charge on any atom is 0.427 e. The summed E-state index contributed by atoms with van der Waals surface area (Å²) >= 11 is 0. The van der Waals surface area contributed by atoms with Crippen LogP contribution in [0.4, 0.5) is 4.39 Å². The lowest BCUT2D eigenvalue weighted by molar-refractivity contribution is 0.502. The summed E-state index contributed by atoms with van der Waals surface area (Å²) < 4.78 is 18.7. The first kappa shape index (κ1) is 11.3. The molecule has 0 N–H and O–H groups in total. The van der Waals surface area contributed by atoms with E-state index in [1.54, 1.807) is 6.07 Å². The zero-order chi connectivity index (χ0) is 13.4. The molecule has 3 rings (SSSR count). The van der Waals surface area contributed by atoms with Crippen molar-refractivity contribution in [2.45, 2.75) is 0 Å². The Labute approximate surface area is 105 Å². The molecule has 94 valence electrons. The van der Waals surface area contributed by atoms with Gasteiger partial charge in [0.15, 0.2) is 11.1 Å². The van der Waals surface area contributed by atoms with Crippen LogP contribution in [-0.4, -0.2) is 9.55 Å². The molecule has 0 amide bonds. The zero-order valence-corrected chi connectivity index (χ0v) is 9.54. The van der Waals surface area contributed by atoms with Crippen LogP contribution in [0.25, 0.3) is 16.8 Å². The number of nitrogens with zero attached hydrogens (tertiary/aromatic N) is 2. The summed E-state index contributed by atoms with van der Waals surface area (Å²) in [5, 5.41) is 0. The fourth-order valence-electron chi connectivity index (χ4n) is 1.77. The van der Waals surface area contributed by atoms with Crippen LogP contribution in [0.5, 0.6) is 0 Å². The van der Waals surface area contributed by atoms with Gasteiger partial charge in [0.05, 0.1) is 5.69 Å². The van der Waals surface area contributed by atoms with Crippen LogP contribution in [0.2, 0.25) is 0 Å². The van der Waals surface area contributed by atoms with E-state index < -0.39 is 17.1 Å². The van der Waals surface area contributed by atoms with Gasteiger partial charge in [-0.2, -0.15) is 0 Å². The molecule has 0 fully saturated rings. The number of benzene rings is 1. The van der Waals surface area contributed by atoms with Gasteiger partial charge in [-0.05, 0) is 36.4 Å². The Kier molecular flexibility index (Phi) is 2.49. The van der Waals surface area contributed by atoms with Crippen LogP contribution in [0.1, 0.15) is 0 Å². The molecule has 0 aliphatic carbocycles. The van der Waals surface area contributed by atoms with Gasteiger partial charge >= 0.3 is 5.76 Å². The van der Waals surface area contributed by atoms with E-state index in [2.05, 4.69) is 4.98 Å². The number of aromatic nitrogens is 2. The van der Waals surface area contributed by atoms with Gasteiger partial charge in [0.25, 0.3) is 5.56 Å². The van der Waals surface area contributed by atoms with Crippen LogP contribution in [-0.2, 0) is 0 Å². The molecule has 19 heavy (non-hydrogen) atoms. The van der Waals surface area contributed by atoms with Crippen LogP contribution in [0.15, 0.2) is 56.6 Å². The van der Waals surface area contributed by atoms with Crippen molar-refractivity contribution in [3.05, 3.63) is 69.3 Å². The second-order valence-electron chi connectivity index (χ2n) is 3.84. The minimum Gasteiger partial charge on any atom is -0.407 e. The number of pyridine rings is 1. The first-order valence-electron chi connectivity index (χ1n) is 5.43. The Morgan fingerprint density at radius 1 is 1.11 bits per heavy atom. The van der Waals surface area contributed by atoms with Gasteiger partial charge < -0.3 is 4.42 Å². The first-order chi connectivity index (χ1) is 9.16. The molecule has 1 aromatic carbocycles. The maximum atomic E-state index is 12.9. The Balaban J connectivity index is 2.39. The molecule has 3 aromatic rings. The largest absolute Gasteiger partial charge is 0.427 e. The van der Waals surface area contributed by atoms with Crippen LogP contribution >= 0.6 is 0 Å². The normalized spacial score (nSPS) is 10.8. The van der Waals surface area contributed by atoms with Crippen LogP contribution < -0.4 is 11.3 Å². The summed E-state index contributed by atoms with van der Waals surface area (Å²) in [6, 6.07) is 8.01. The Bertz CT molecular complexity index is 865. The summed E-state index contributed by atoms with van der Waals surface area (Å²) in [5.74, 6) is -1.29. The molecular weight excluding hydrogens is 251 g/mol. The first-order valence-corrected chi connectivity index (χ1v) is 5.43. The Morgan fingerprint density at radius 2 is 1.84 bits per heavy atom. The lowest BCUT2D eigenvalue weighted by atomic mass is 10.3. The fourth-order valence-corrected chi connectivity index (χ4v) is 1.77. The number of halogens is 1. The van der Waals surface area contributed by atoms with Crippen molar-refractivity contribution < 1.29 is 8.81 Å². The third-order valence-electron chi connectivity index (χ3n) is 2.64. The standard InChI is InChI=1S/C13H7FN2O3/c14-8-3-5-9(6-4-8)16-12(17)11-10(19-13(16)18)2-1-7-15-11/h1-7H. The van der Waals surface area contributed by atoms with Gasteiger partial charge in [0.2, 0.25) is 0 Å². The quantitative estimate of drug-likeness (QED) is 0.663. The molecule has 0 saturated heterocycles. The molecule has 2 heterocycles. The molecule has 0 unspecified atom stereocenters. The van der Waals surface area contributed by atoms with Gasteiger partial charge in [-0.25, -0.2) is 18.7 Å². The molecule has 0 aliphatic heterocycles. The van der Waals surface area contributed by atoms with Gasteiger partial charge in [-0.15, -0.1) is 0 Å². The van der Waals surface area contributed by atoms with Crippen molar-refractivity contribution in [1.29, 1.82) is 0 Å². The van der Waals surface area contributed by atoms with E-state index in [9.17, 15) is 14.0 Å². The van der Waals surface area contributed by atoms with Crippen molar-refractivity contribution in [2.24, 2.45) is 0 Å². The minimum atomic E-state index is -0.836. The number of hydrogen-bond acceptors (Lipinski definition) is 4. The SMILES string of the molecule is O=c1oc2cccnc2c(=O)n1-c1ccc(F)cc1. The Hall–Kier alpha value is -2.76. The number of rotatable bonds is 1. The Morgan fingerprint density at radius 3 is 2.58 bits per heavy atom. The van der Waals surface area contributed by atoms with Gasteiger partial charge in [-0.3, -0.25) is 4.79 Å². The summed E-state index contributed by atoms with van der Waals surface area (Å²) in [6.07, 6.45) is 1.43. The highest BCUT2D eigenvalue weighted by molar-refractivity contribution is 5.70. The van der Waals surface area contributed by atoms with E-state index in [0.717, 1.165) is 16.7 Å². The smallest absolute Gasteiger partial charge is 0.407 e. The van der Waals surface area contributed by atoms with Crippen molar-refractivity contribution in [2.75, 3.05) is 0 Å². The molecule has 0 atom stereocenters. The van der Waals surface area contributed by atoms with E-state index >= 15 is 0 Å². The number of fused-ring (bicyclic) bond motifs is 1. The predicted molar refractivity (Wildman–Crippen MR) is 65.8 cm³/mol. The molecule has 0 spiro atoms. The van der Waals surface area contributed by atoms with Gasteiger partial charge in [-0.1, -0.05) is 0 Å². The predicted octanol–water partition coefficient (Wildman–Crippen LogP) is 1.48. The van der Waals surface area contributed by atoms with Crippen molar-refractivity contribution in [3.63, 3.8) is 0 Å². The average molecular weight is 258 g/mol. The van der Waals surface area contributed by atoms with Crippen molar-refractivity contribution in [1.82, 2.24) is 9.55 Å². The molecular formula is C13H7FN2O3. The maximum absolute atomic E-state index is 12.9. The lowest BCUT2D eigenvalue weighted by Gasteiger charge is -2.04. The van der Waals surface area contributed by atoms with E-state index in [-0.39, 0.29) is 16.8 Å². The summed E-state index contributed by atoms with van der Waals surface area (Å²) in [6.45, 7) is 0. The van der Waals surface area contributed by atoms with Crippen molar-refractivity contribution in [3.8, 4) is 5.69 Å². The highest BCUT2D eigenvalue weighted by Gasteiger charge is 2.11. The third kappa shape index (κ3) is 1.83. The fraction of sp³-hybridized carbons (Fsp3) is 0. The molecule has 0 bridgehead atoms. The second-order valence-corrected chi connectivity index (χ2v) is 3.84. The monoisotopic (exact) mass is 258 g/mol. The molecule has 0 saturated carbocycles. The molecule has 2 aromatic heterocycles.